The third kappa shape index (κ3) is 4.83. The van der Waals surface area contributed by atoms with E-state index in [2.05, 4.69) is 21.2 Å². The highest BCUT2D eigenvalue weighted by Crippen LogP contribution is 2.21. The third-order valence-corrected chi connectivity index (χ3v) is 4.80. The Balaban J connectivity index is 1.83. The number of hydrogen-bond acceptors (Lipinski definition) is 2. The number of carbonyl (C=O) groups excluding carboxylic acids is 2. The van der Waals surface area contributed by atoms with Gasteiger partial charge < -0.3 is 10.2 Å². The Labute approximate surface area is 140 Å². The number of hydrogen-bond donors (Lipinski definition) is 1. The molecule has 0 spiro atoms. The van der Waals surface area contributed by atoms with E-state index < -0.39 is 0 Å². The molecule has 1 aromatic carbocycles. The van der Waals surface area contributed by atoms with Crippen LogP contribution in [-0.4, -0.2) is 36.3 Å². The lowest BCUT2D eigenvalue weighted by atomic mass is 10.1. The Kier molecular flexibility index (Phi) is 6.43. The van der Waals surface area contributed by atoms with E-state index in [9.17, 15) is 9.59 Å². The van der Waals surface area contributed by atoms with Gasteiger partial charge in [-0.3, -0.25) is 9.59 Å². The van der Waals surface area contributed by atoms with Gasteiger partial charge in [0.1, 0.15) is 0 Å². The predicted octanol–water partition coefficient (Wildman–Crippen LogP) is 3.36. The second-order valence-electron chi connectivity index (χ2n) is 5.84. The van der Waals surface area contributed by atoms with Gasteiger partial charge in [-0.05, 0) is 37.1 Å². The van der Waals surface area contributed by atoms with Crippen molar-refractivity contribution in [3.63, 3.8) is 0 Å². The van der Waals surface area contributed by atoms with Crippen LogP contribution in [0.5, 0.6) is 0 Å². The lowest BCUT2D eigenvalue weighted by Gasteiger charge is -2.27. The molecule has 0 aromatic heterocycles. The average Bonchev–Trinajstić information content (AvgIpc) is 2.81. The van der Waals surface area contributed by atoms with E-state index in [4.69, 9.17) is 0 Å². The first kappa shape index (κ1) is 17.0. The number of nitrogens with zero attached hydrogens (tertiary/aromatic N) is 1. The molecule has 0 bridgehead atoms. The molecule has 0 radical (unpaired) electrons. The fourth-order valence-electron chi connectivity index (χ4n) is 2.83. The van der Waals surface area contributed by atoms with E-state index in [0.29, 0.717) is 11.6 Å². The molecule has 4 nitrogen and oxygen atoms in total. The van der Waals surface area contributed by atoms with Gasteiger partial charge in [-0.1, -0.05) is 41.6 Å². The van der Waals surface area contributed by atoms with E-state index >= 15 is 0 Å². The average molecular weight is 367 g/mol. The summed E-state index contributed by atoms with van der Waals surface area (Å²) in [6, 6.07) is 7.42. The van der Waals surface area contributed by atoms with Gasteiger partial charge in [0.15, 0.2) is 0 Å². The summed E-state index contributed by atoms with van der Waals surface area (Å²) in [4.78, 5) is 26.1. The summed E-state index contributed by atoms with van der Waals surface area (Å²) in [5.41, 5.74) is 0.563. The molecule has 120 valence electrons. The lowest BCUT2D eigenvalue weighted by molar-refractivity contribution is -0.131. The maximum Gasteiger partial charge on any atom is 0.251 e. The molecular weight excluding hydrogens is 344 g/mol. The monoisotopic (exact) mass is 366 g/mol. The zero-order chi connectivity index (χ0) is 15.9. The summed E-state index contributed by atoms with van der Waals surface area (Å²) in [6.07, 6.45) is 7.05. The molecule has 2 amide bonds. The van der Waals surface area contributed by atoms with Crippen LogP contribution < -0.4 is 5.32 Å². The second kappa shape index (κ2) is 8.32. The first-order valence-corrected chi connectivity index (χ1v) is 8.66. The number of benzene rings is 1. The van der Waals surface area contributed by atoms with Gasteiger partial charge >= 0.3 is 0 Å². The second-order valence-corrected chi connectivity index (χ2v) is 6.76. The van der Waals surface area contributed by atoms with E-state index in [1.54, 1.807) is 12.1 Å². The van der Waals surface area contributed by atoms with Gasteiger partial charge in [-0.15, -0.1) is 0 Å². The normalized spacial score (nSPS) is 15.9. The Hall–Kier alpha value is -1.36. The van der Waals surface area contributed by atoms with Crippen molar-refractivity contribution in [1.82, 2.24) is 10.2 Å². The van der Waals surface area contributed by atoms with E-state index in [0.717, 1.165) is 17.3 Å². The summed E-state index contributed by atoms with van der Waals surface area (Å²) in [5.74, 6) is -0.229. The highest BCUT2D eigenvalue weighted by molar-refractivity contribution is 9.10. The molecule has 1 aromatic rings. The minimum absolute atomic E-state index is 0.0163. The molecule has 0 saturated heterocycles. The van der Waals surface area contributed by atoms with Crippen molar-refractivity contribution in [2.24, 2.45) is 0 Å². The van der Waals surface area contributed by atoms with Crippen molar-refractivity contribution < 1.29 is 9.59 Å². The fourth-order valence-corrected chi connectivity index (χ4v) is 3.10. The van der Waals surface area contributed by atoms with Gasteiger partial charge in [0.25, 0.3) is 5.91 Å². The first-order valence-electron chi connectivity index (χ1n) is 7.87. The minimum Gasteiger partial charge on any atom is -0.343 e. The molecule has 0 aliphatic heterocycles. The van der Waals surface area contributed by atoms with E-state index in [-0.39, 0.29) is 18.4 Å². The van der Waals surface area contributed by atoms with Crippen molar-refractivity contribution in [3.05, 3.63) is 34.3 Å². The number of nitrogens with one attached hydrogen (secondary N) is 1. The maximum absolute atomic E-state index is 12.2. The summed E-state index contributed by atoms with van der Waals surface area (Å²) in [6.45, 7) is 0.0574. The van der Waals surface area contributed by atoms with E-state index in [1.165, 1.54) is 25.7 Å². The maximum atomic E-state index is 12.2. The third-order valence-electron chi connectivity index (χ3n) is 4.27. The van der Waals surface area contributed by atoms with Crippen LogP contribution in [0.4, 0.5) is 0 Å². The largest absolute Gasteiger partial charge is 0.343 e. The van der Waals surface area contributed by atoms with E-state index in [1.807, 2.05) is 24.1 Å². The number of rotatable bonds is 4. The topological polar surface area (TPSA) is 49.4 Å². The van der Waals surface area contributed by atoms with Gasteiger partial charge in [0.2, 0.25) is 5.91 Å². The molecule has 1 aliphatic rings. The molecule has 2 rings (SSSR count). The Morgan fingerprint density at radius 3 is 2.32 bits per heavy atom. The SMILES string of the molecule is CN(C(=O)CNC(=O)c1ccc(Br)cc1)C1CCCCCC1. The molecule has 0 heterocycles. The van der Waals surface area contributed by atoms with Gasteiger partial charge in [0, 0.05) is 23.1 Å². The van der Waals surface area contributed by atoms with Crippen LogP contribution >= 0.6 is 15.9 Å². The number of likely N-dealkylation sites (N-methyl/N-ethyl adjacent to an activating group) is 1. The van der Waals surface area contributed by atoms with Gasteiger partial charge in [-0.25, -0.2) is 0 Å². The van der Waals surface area contributed by atoms with Crippen molar-refractivity contribution in [2.75, 3.05) is 13.6 Å². The molecule has 1 saturated carbocycles. The minimum atomic E-state index is -0.213. The number of carbonyl (C=O) groups is 2. The summed E-state index contributed by atoms with van der Waals surface area (Å²) < 4.78 is 0.924. The quantitative estimate of drug-likeness (QED) is 0.830. The van der Waals surface area contributed by atoms with Crippen molar-refractivity contribution in [1.29, 1.82) is 0 Å². The number of amides is 2. The molecule has 0 unspecified atom stereocenters. The van der Waals surface area contributed by atoms with Crippen LogP contribution in [-0.2, 0) is 4.79 Å². The van der Waals surface area contributed by atoms with Crippen LogP contribution in [0, 0.1) is 0 Å². The van der Waals surface area contributed by atoms with Crippen molar-refractivity contribution in [3.8, 4) is 0 Å². The van der Waals surface area contributed by atoms with Crippen LogP contribution in [0.3, 0.4) is 0 Å². The lowest BCUT2D eigenvalue weighted by Crippen LogP contribution is -2.43. The molecular formula is C17H23BrN2O2. The molecule has 5 heteroatoms. The molecule has 1 fully saturated rings. The summed E-state index contributed by atoms with van der Waals surface area (Å²) in [7, 11) is 1.85. The Morgan fingerprint density at radius 2 is 1.73 bits per heavy atom. The first-order chi connectivity index (χ1) is 10.6. The van der Waals surface area contributed by atoms with Crippen molar-refractivity contribution >= 4 is 27.7 Å². The Bertz CT molecular complexity index is 508. The van der Waals surface area contributed by atoms with Gasteiger partial charge in [-0.2, -0.15) is 0 Å². The van der Waals surface area contributed by atoms with Crippen LogP contribution in [0.15, 0.2) is 28.7 Å². The molecule has 1 N–H and O–H groups in total. The van der Waals surface area contributed by atoms with Crippen LogP contribution in [0.25, 0.3) is 0 Å². The highest BCUT2D eigenvalue weighted by atomic mass is 79.9. The van der Waals surface area contributed by atoms with Crippen LogP contribution in [0.2, 0.25) is 0 Å². The van der Waals surface area contributed by atoms with Gasteiger partial charge in [0.05, 0.1) is 6.54 Å². The molecule has 0 atom stereocenters. The molecule has 22 heavy (non-hydrogen) atoms. The predicted molar refractivity (Wildman–Crippen MR) is 90.7 cm³/mol. The summed E-state index contributed by atoms with van der Waals surface area (Å²) in [5, 5.41) is 2.71. The fraction of sp³-hybridized carbons (Fsp3) is 0.529. The zero-order valence-electron chi connectivity index (χ0n) is 13.0. The zero-order valence-corrected chi connectivity index (χ0v) is 14.6. The highest BCUT2D eigenvalue weighted by Gasteiger charge is 2.21. The molecule has 1 aliphatic carbocycles. The Morgan fingerprint density at radius 1 is 1.14 bits per heavy atom. The summed E-state index contributed by atoms with van der Waals surface area (Å²) >= 11 is 3.33. The standard InChI is InChI=1S/C17H23BrN2O2/c1-20(15-6-4-2-3-5-7-15)16(21)12-19-17(22)13-8-10-14(18)11-9-13/h8-11,15H,2-7,12H2,1H3,(H,19,22). The van der Waals surface area contributed by atoms with Crippen LogP contribution in [0.1, 0.15) is 48.9 Å². The smallest absolute Gasteiger partial charge is 0.251 e. The number of halogens is 1. The van der Waals surface area contributed by atoms with Crippen molar-refractivity contribution in [2.45, 2.75) is 44.6 Å².